The second-order valence-corrected chi connectivity index (χ2v) is 5.88. The summed E-state index contributed by atoms with van der Waals surface area (Å²) >= 11 is 12.3. The van der Waals surface area contributed by atoms with Gasteiger partial charge in [0.05, 0.1) is 0 Å². The maximum absolute atomic E-state index is 6.29. The number of aryl methyl sites for hydroxylation is 1. The van der Waals surface area contributed by atoms with Crippen molar-refractivity contribution in [2.45, 2.75) is 38.3 Å². The predicted octanol–water partition coefficient (Wildman–Crippen LogP) is 3.98. The van der Waals surface area contributed by atoms with Gasteiger partial charge in [-0.2, -0.15) is 0 Å². The fourth-order valence-corrected chi connectivity index (χ4v) is 3.33. The Hall–Kier alpha value is -0.240. The summed E-state index contributed by atoms with van der Waals surface area (Å²) in [6.45, 7) is 2.29. The number of fused-ring (bicyclic) bond motifs is 1. The number of hydrogen-bond acceptors (Lipinski definition) is 1. The van der Waals surface area contributed by atoms with Crippen LogP contribution in [-0.4, -0.2) is 6.04 Å². The third-order valence-corrected chi connectivity index (χ3v) is 4.29. The lowest BCUT2D eigenvalue weighted by Gasteiger charge is -2.15. The van der Waals surface area contributed by atoms with Crippen LogP contribution in [0.15, 0.2) is 12.1 Å². The molecule has 1 aromatic carbocycles. The lowest BCUT2D eigenvalue weighted by Crippen LogP contribution is -2.22. The van der Waals surface area contributed by atoms with Gasteiger partial charge in [0.1, 0.15) is 0 Å². The first-order valence-corrected chi connectivity index (χ1v) is 6.64. The summed E-state index contributed by atoms with van der Waals surface area (Å²) in [6, 6.07) is 5.05. The van der Waals surface area contributed by atoms with E-state index in [1.54, 1.807) is 0 Å². The minimum atomic E-state index is 0.440. The molecule has 1 saturated carbocycles. The fraction of sp³-hybridized carbons (Fsp3) is 0.538. The lowest BCUT2D eigenvalue weighted by molar-refractivity contribution is 0.513. The van der Waals surface area contributed by atoms with Crippen LogP contribution in [0.25, 0.3) is 0 Å². The topological polar surface area (TPSA) is 12.0 Å². The SMILES string of the molecule is CC1CC1NC1CCc2cc(Cl)cc(Cl)c21. The Kier molecular flexibility index (Phi) is 2.66. The Morgan fingerprint density at radius 3 is 2.75 bits per heavy atom. The summed E-state index contributed by atoms with van der Waals surface area (Å²) in [7, 11) is 0. The van der Waals surface area contributed by atoms with E-state index in [9.17, 15) is 0 Å². The maximum atomic E-state index is 6.29. The van der Waals surface area contributed by atoms with E-state index in [1.807, 2.05) is 6.07 Å². The molecule has 1 N–H and O–H groups in total. The van der Waals surface area contributed by atoms with Crippen LogP contribution >= 0.6 is 23.2 Å². The van der Waals surface area contributed by atoms with Crippen LogP contribution in [0.2, 0.25) is 10.0 Å². The lowest BCUT2D eigenvalue weighted by atomic mass is 10.1. The van der Waals surface area contributed by atoms with Gasteiger partial charge in [0.15, 0.2) is 0 Å². The highest BCUT2D eigenvalue weighted by molar-refractivity contribution is 6.35. The van der Waals surface area contributed by atoms with Gasteiger partial charge in [0.2, 0.25) is 0 Å². The van der Waals surface area contributed by atoms with Crippen molar-refractivity contribution < 1.29 is 0 Å². The van der Waals surface area contributed by atoms with Crippen molar-refractivity contribution in [3.05, 3.63) is 33.3 Å². The minimum Gasteiger partial charge on any atom is -0.307 e. The summed E-state index contributed by atoms with van der Waals surface area (Å²) < 4.78 is 0. The predicted molar refractivity (Wildman–Crippen MR) is 68.2 cm³/mol. The molecule has 3 heteroatoms. The van der Waals surface area contributed by atoms with Crippen molar-refractivity contribution in [2.24, 2.45) is 5.92 Å². The molecular formula is C13H15Cl2N. The van der Waals surface area contributed by atoms with Crippen LogP contribution < -0.4 is 5.32 Å². The molecular weight excluding hydrogens is 241 g/mol. The zero-order valence-corrected chi connectivity index (χ0v) is 10.8. The van der Waals surface area contributed by atoms with Gasteiger partial charge < -0.3 is 5.32 Å². The van der Waals surface area contributed by atoms with Gasteiger partial charge in [-0.05, 0) is 48.4 Å². The summed E-state index contributed by atoms with van der Waals surface area (Å²) in [5.74, 6) is 0.829. The summed E-state index contributed by atoms with van der Waals surface area (Å²) in [5, 5.41) is 5.27. The van der Waals surface area contributed by atoms with Crippen molar-refractivity contribution in [3.8, 4) is 0 Å². The molecule has 0 radical (unpaired) electrons. The molecule has 0 saturated heterocycles. The third-order valence-electron chi connectivity index (χ3n) is 3.76. The smallest absolute Gasteiger partial charge is 0.0471 e. The molecule has 3 unspecified atom stereocenters. The molecule has 0 amide bonds. The fourth-order valence-electron chi connectivity index (χ4n) is 2.66. The molecule has 86 valence electrons. The van der Waals surface area contributed by atoms with Crippen molar-refractivity contribution in [1.29, 1.82) is 0 Å². The van der Waals surface area contributed by atoms with E-state index < -0.39 is 0 Å². The Labute approximate surface area is 106 Å². The Balaban J connectivity index is 1.87. The van der Waals surface area contributed by atoms with Crippen molar-refractivity contribution >= 4 is 23.2 Å². The Bertz CT molecular complexity index is 430. The van der Waals surface area contributed by atoms with E-state index in [-0.39, 0.29) is 0 Å². The molecule has 0 bridgehead atoms. The van der Waals surface area contributed by atoms with Crippen LogP contribution in [0.5, 0.6) is 0 Å². The number of rotatable bonds is 2. The maximum Gasteiger partial charge on any atom is 0.0471 e. The molecule has 1 nitrogen and oxygen atoms in total. The zero-order chi connectivity index (χ0) is 11.3. The monoisotopic (exact) mass is 255 g/mol. The second-order valence-electron chi connectivity index (χ2n) is 5.04. The first-order chi connectivity index (χ1) is 7.65. The van der Waals surface area contributed by atoms with E-state index in [1.165, 1.54) is 17.5 Å². The minimum absolute atomic E-state index is 0.440. The van der Waals surface area contributed by atoms with Crippen molar-refractivity contribution in [1.82, 2.24) is 5.32 Å². The van der Waals surface area contributed by atoms with Gasteiger partial charge in [-0.3, -0.25) is 0 Å². The quantitative estimate of drug-likeness (QED) is 0.843. The van der Waals surface area contributed by atoms with Gasteiger partial charge in [0.25, 0.3) is 0 Å². The Morgan fingerprint density at radius 2 is 2.06 bits per heavy atom. The van der Waals surface area contributed by atoms with Gasteiger partial charge in [-0.1, -0.05) is 30.1 Å². The van der Waals surface area contributed by atoms with Crippen LogP contribution in [-0.2, 0) is 6.42 Å². The zero-order valence-electron chi connectivity index (χ0n) is 9.26. The highest BCUT2D eigenvalue weighted by Crippen LogP contribution is 2.41. The highest BCUT2D eigenvalue weighted by atomic mass is 35.5. The van der Waals surface area contributed by atoms with E-state index in [0.717, 1.165) is 28.8 Å². The number of halogens is 2. The third kappa shape index (κ3) is 1.85. The largest absolute Gasteiger partial charge is 0.307 e. The molecule has 3 rings (SSSR count). The van der Waals surface area contributed by atoms with Crippen LogP contribution in [0.1, 0.15) is 36.9 Å². The highest BCUT2D eigenvalue weighted by Gasteiger charge is 2.36. The van der Waals surface area contributed by atoms with Gasteiger partial charge in [-0.15, -0.1) is 0 Å². The molecule has 0 aliphatic heterocycles. The molecule has 3 atom stereocenters. The van der Waals surface area contributed by atoms with Crippen LogP contribution in [0.3, 0.4) is 0 Å². The first kappa shape index (κ1) is 10.9. The second kappa shape index (κ2) is 3.90. The average Bonchev–Trinajstić information content (AvgIpc) is 2.73. The Morgan fingerprint density at radius 1 is 1.31 bits per heavy atom. The number of benzene rings is 1. The molecule has 1 aromatic rings. The summed E-state index contributed by atoms with van der Waals surface area (Å²) in [5.41, 5.74) is 2.61. The number of hydrogen-bond donors (Lipinski definition) is 1. The molecule has 2 aliphatic carbocycles. The van der Waals surface area contributed by atoms with Crippen molar-refractivity contribution in [2.75, 3.05) is 0 Å². The first-order valence-electron chi connectivity index (χ1n) is 5.89. The van der Waals surface area contributed by atoms with E-state index in [0.29, 0.717) is 12.1 Å². The molecule has 1 fully saturated rings. The number of nitrogens with one attached hydrogen (secondary N) is 1. The summed E-state index contributed by atoms with van der Waals surface area (Å²) in [6.07, 6.45) is 3.55. The van der Waals surface area contributed by atoms with Gasteiger partial charge in [-0.25, -0.2) is 0 Å². The van der Waals surface area contributed by atoms with Crippen LogP contribution in [0.4, 0.5) is 0 Å². The molecule has 0 heterocycles. The molecule has 0 spiro atoms. The molecule has 0 aromatic heterocycles. The molecule has 2 aliphatic rings. The average molecular weight is 256 g/mol. The molecule has 16 heavy (non-hydrogen) atoms. The van der Waals surface area contributed by atoms with E-state index >= 15 is 0 Å². The normalized spacial score (nSPS) is 31.6. The van der Waals surface area contributed by atoms with E-state index in [4.69, 9.17) is 23.2 Å². The van der Waals surface area contributed by atoms with E-state index in [2.05, 4.69) is 18.3 Å². The van der Waals surface area contributed by atoms with Gasteiger partial charge >= 0.3 is 0 Å². The standard InChI is InChI=1S/C13H15Cl2N/c1-7-4-12(7)16-11-3-2-8-5-9(14)6-10(15)13(8)11/h5-7,11-12,16H,2-4H2,1H3. The summed E-state index contributed by atoms with van der Waals surface area (Å²) in [4.78, 5) is 0. The van der Waals surface area contributed by atoms with Crippen LogP contribution in [0, 0.1) is 5.92 Å². The van der Waals surface area contributed by atoms with Gasteiger partial charge in [0, 0.05) is 22.1 Å². The van der Waals surface area contributed by atoms with Crippen molar-refractivity contribution in [3.63, 3.8) is 0 Å².